The minimum atomic E-state index is -0.840. The monoisotopic (exact) mass is 139 g/mol. The van der Waals surface area contributed by atoms with E-state index >= 15 is 0 Å². The van der Waals surface area contributed by atoms with E-state index in [9.17, 15) is 9.59 Å². The second kappa shape index (κ2) is 4.09. The lowest BCUT2D eigenvalue weighted by atomic mass is 9.93. The van der Waals surface area contributed by atoms with Gasteiger partial charge in [0, 0.05) is 12.4 Å². The lowest BCUT2D eigenvalue weighted by Gasteiger charge is -2.08. The molecule has 3 nitrogen and oxygen atoms in total. The van der Waals surface area contributed by atoms with Crippen LogP contribution in [0.5, 0.6) is 0 Å². The number of hydrogen-bond donors (Lipinski definition) is 1. The Morgan fingerprint density at radius 1 is 1.60 bits per heavy atom. The Balaban J connectivity index is 3.68. The first kappa shape index (κ1) is 9.20. The molecule has 0 rings (SSSR count). The largest absolute Gasteiger partial charge is 0.355 e. The molecule has 0 aliphatic carbocycles. The van der Waals surface area contributed by atoms with Crippen LogP contribution in [0.4, 0.5) is 0 Å². The van der Waals surface area contributed by atoms with E-state index in [2.05, 4.69) is 5.32 Å². The van der Waals surface area contributed by atoms with Crippen molar-refractivity contribution in [3.05, 3.63) is 0 Å². The molecule has 0 spiro atoms. The second-order valence-electron chi connectivity index (χ2n) is 2.01. The zero-order valence-corrected chi connectivity index (χ0v) is 6.18. The van der Waals surface area contributed by atoms with Gasteiger partial charge in [0.15, 0.2) is 0 Å². The van der Waals surface area contributed by atoms with E-state index < -0.39 is 5.94 Å². The van der Waals surface area contributed by atoms with Gasteiger partial charge in [-0.2, -0.15) is 0 Å². The minimum absolute atomic E-state index is 0.206. The summed E-state index contributed by atoms with van der Waals surface area (Å²) in [7, 11) is 5.21. The number of Topliss-reactive ketones (excluding diaryl/α,β-unsaturated/α-hetero) is 1. The second-order valence-corrected chi connectivity index (χ2v) is 2.01. The van der Waals surface area contributed by atoms with Crippen molar-refractivity contribution in [3.8, 4) is 0 Å². The molecule has 0 fully saturated rings. The van der Waals surface area contributed by atoms with Crippen molar-refractivity contribution in [2.45, 2.75) is 26.2 Å². The number of carbonyl (C=O) groups is 2. The van der Waals surface area contributed by atoms with Crippen LogP contribution in [0.2, 0.25) is 0 Å². The van der Waals surface area contributed by atoms with Crippen molar-refractivity contribution < 1.29 is 9.59 Å². The highest BCUT2D eigenvalue weighted by atomic mass is 16.2. The third-order valence-corrected chi connectivity index (χ3v) is 1.08. The summed E-state index contributed by atoms with van der Waals surface area (Å²) in [5.41, 5.74) is 0. The van der Waals surface area contributed by atoms with E-state index in [1.165, 1.54) is 6.92 Å². The van der Waals surface area contributed by atoms with Crippen LogP contribution in [0.3, 0.4) is 0 Å². The zero-order valence-electron chi connectivity index (χ0n) is 6.18. The molecular formula is C6H10BNO2. The van der Waals surface area contributed by atoms with Gasteiger partial charge in [-0.3, -0.25) is 9.59 Å². The summed E-state index contributed by atoms with van der Waals surface area (Å²) in [5.74, 6) is -1.28. The van der Waals surface area contributed by atoms with E-state index in [0.717, 1.165) is 0 Å². The summed E-state index contributed by atoms with van der Waals surface area (Å²) < 4.78 is 0. The van der Waals surface area contributed by atoms with Crippen LogP contribution >= 0.6 is 0 Å². The molecule has 4 heteroatoms. The summed E-state index contributed by atoms with van der Waals surface area (Å²) >= 11 is 0. The zero-order chi connectivity index (χ0) is 8.15. The van der Waals surface area contributed by atoms with Crippen LogP contribution in [0.15, 0.2) is 0 Å². The number of nitrogens with one attached hydrogen (secondary N) is 1. The van der Waals surface area contributed by atoms with Crippen LogP contribution in [0.25, 0.3) is 0 Å². The van der Waals surface area contributed by atoms with E-state index in [0.29, 0.717) is 6.42 Å². The third kappa shape index (κ3) is 3.27. The predicted molar refractivity (Wildman–Crippen MR) is 38.7 cm³/mol. The van der Waals surface area contributed by atoms with Crippen LogP contribution in [-0.4, -0.2) is 25.5 Å². The molecule has 10 heavy (non-hydrogen) atoms. The summed E-state index contributed by atoms with van der Waals surface area (Å²) in [4.78, 5) is 21.0. The lowest BCUT2D eigenvalue weighted by molar-refractivity contribution is -0.125. The Morgan fingerprint density at radius 2 is 2.10 bits per heavy atom. The molecule has 0 bridgehead atoms. The van der Waals surface area contributed by atoms with Gasteiger partial charge in [-0.25, -0.2) is 0 Å². The average molecular weight is 139 g/mol. The van der Waals surface area contributed by atoms with Crippen molar-refractivity contribution in [3.63, 3.8) is 0 Å². The fourth-order valence-corrected chi connectivity index (χ4v) is 0.377. The lowest BCUT2D eigenvalue weighted by Crippen LogP contribution is -2.39. The summed E-state index contributed by atoms with van der Waals surface area (Å²) in [6.45, 7) is 3.03. The molecule has 0 aliphatic rings. The molecule has 54 valence electrons. The molecule has 2 radical (unpaired) electrons. The molecule has 1 amide bonds. The van der Waals surface area contributed by atoms with Gasteiger partial charge < -0.3 is 5.32 Å². The fourth-order valence-electron chi connectivity index (χ4n) is 0.377. The number of carbonyl (C=O) groups excluding carboxylic acids is 2. The molecule has 0 aliphatic heterocycles. The van der Waals surface area contributed by atoms with Gasteiger partial charge in [-0.05, 0) is 6.92 Å². The average Bonchev–Trinajstić information content (AvgIpc) is 1.87. The summed E-state index contributed by atoms with van der Waals surface area (Å²) in [6.07, 6.45) is 0.348. The Hall–Kier alpha value is -0.795. The molecule has 0 aromatic carbocycles. The molecular weight excluding hydrogens is 129 g/mol. The number of rotatable bonds is 3. The normalized spacial score (nSPS) is 12.2. The van der Waals surface area contributed by atoms with Gasteiger partial charge in [0.25, 0.3) is 0 Å². The smallest absolute Gasteiger partial charge is 0.219 e. The summed E-state index contributed by atoms with van der Waals surface area (Å²) in [6, 6.07) is 0. The summed E-state index contributed by atoms with van der Waals surface area (Å²) in [5, 5.41) is 2.32. The maximum atomic E-state index is 10.6. The van der Waals surface area contributed by atoms with Crippen molar-refractivity contribution >= 4 is 19.5 Å². The van der Waals surface area contributed by atoms with Crippen molar-refractivity contribution in [2.24, 2.45) is 0 Å². The standard InChI is InChI=1S/C6H10BNO2/c1-3-5(10)8-6(7)4(2)9/h6H,3H2,1-2H3,(H,8,10)/t6-/m0/s1. The Bertz CT molecular complexity index is 147. The van der Waals surface area contributed by atoms with Gasteiger partial charge in [0.1, 0.15) is 13.6 Å². The van der Waals surface area contributed by atoms with Crippen LogP contribution < -0.4 is 5.32 Å². The molecule has 0 heterocycles. The first-order valence-electron chi connectivity index (χ1n) is 3.13. The van der Waals surface area contributed by atoms with Gasteiger partial charge >= 0.3 is 0 Å². The third-order valence-electron chi connectivity index (χ3n) is 1.08. The predicted octanol–water partition coefficient (Wildman–Crippen LogP) is -0.404. The minimum Gasteiger partial charge on any atom is -0.355 e. The molecule has 0 saturated carbocycles. The van der Waals surface area contributed by atoms with E-state index in [1.54, 1.807) is 6.92 Å². The van der Waals surface area contributed by atoms with Crippen LogP contribution in [-0.2, 0) is 9.59 Å². The fraction of sp³-hybridized carbons (Fsp3) is 0.667. The number of amides is 1. The van der Waals surface area contributed by atoms with Crippen molar-refractivity contribution in [1.29, 1.82) is 0 Å². The molecule has 0 saturated heterocycles. The van der Waals surface area contributed by atoms with Gasteiger partial charge in [0.05, 0.1) is 0 Å². The van der Waals surface area contributed by atoms with Crippen LogP contribution in [0, 0.1) is 0 Å². The van der Waals surface area contributed by atoms with Gasteiger partial charge in [0.2, 0.25) is 5.91 Å². The van der Waals surface area contributed by atoms with Crippen molar-refractivity contribution in [2.75, 3.05) is 0 Å². The molecule has 1 atom stereocenters. The Kier molecular flexibility index (Phi) is 3.76. The quantitative estimate of drug-likeness (QED) is 0.540. The highest BCUT2D eigenvalue weighted by Gasteiger charge is 2.07. The van der Waals surface area contributed by atoms with E-state index in [1.807, 2.05) is 0 Å². The van der Waals surface area contributed by atoms with E-state index in [4.69, 9.17) is 7.85 Å². The van der Waals surface area contributed by atoms with Crippen molar-refractivity contribution in [1.82, 2.24) is 5.32 Å². The maximum Gasteiger partial charge on any atom is 0.219 e. The number of hydrogen-bond acceptors (Lipinski definition) is 2. The Labute approximate surface area is 61.6 Å². The highest BCUT2D eigenvalue weighted by Crippen LogP contribution is 1.81. The Morgan fingerprint density at radius 3 is 2.40 bits per heavy atom. The van der Waals surface area contributed by atoms with Gasteiger partial charge in [-0.1, -0.05) is 6.92 Å². The topological polar surface area (TPSA) is 46.2 Å². The SMILES string of the molecule is [B][C@@H](NC(=O)CC)C(C)=O. The molecule has 1 N–H and O–H groups in total. The van der Waals surface area contributed by atoms with Crippen LogP contribution in [0.1, 0.15) is 20.3 Å². The maximum absolute atomic E-state index is 10.6. The number of ketones is 1. The van der Waals surface area contributed by atoms with E-state index in [-0.39, 0.29) is 11.7 Å². The molecule has 0 aromatic heterocycles. The first-order chi connectivity index (χ1) is 4.57. The molecule has 0 aromatic rings. The van der Waals surface area contributed by atoms with Gasteiger partial charge in [-0.15, -0.1) is 0 Å². The molecule has 0 unspecified atom stereocenters. The highest BCUT2D eigenvalue weighted by molar-refractivity contribution is 6.25. The first-order valence-corrected chi connectivity index (χ1v) is 3.13.